The van der Waals surface area contributed by atoms with Gasteiger partial charge in [0.1, 0.15) is 23.0 Å². The first kappa shape index (κ1) is 50.4. The monoisotopic (exact) mass is 1050 g/mol. The molecule has 12 aromatic carbocycles. The number of carbonyl (C=O) groups excluding carboxylic acids is 2. The van der Waals surface area contributed by atoms with E-state index in [-0.39, 0.29) is 25.0 Å². The zero-order valence-electron chi connectivity index (χ0n) is 45.3. The molecular formula is C72H62N2O6. The van der Waals surface area contributed by atoms with Crippen LogP contribution in [0.1, 0.15) is 82.3 Å². The van der Waals surface area contributed by atoms with E-state index in [1.54, 1.807) is 0 Å². The highest BCUT2D eigenvalue weighted by atomic mass is 16.5. The van der Waals surface area contributed by atoms with Crippen molar-refractivity contribution in [1.29, 1.82) is 0 Å². The summed E-state index contributed by atoms with van der Waals surface area (Å²) in [5, 5.41) is 20.8. The van der Waals surface area contributed by atoms with Crippen molar-refractivity contribution in [3.8, 4) is 23.0 Å². The molecule has 0 aromatic heterocycles. The van der Waals surface area contributed by atoms with E-state index in [2.05, 4.69) is 206 Å². The van der Waals surface area contributed by atoms with Gasteiger partial charge in [0.15, 0.2) is 13.2 Å². The van der Waals surface area contributed by atoms with Gasteiger partial charge < -0.3 is 29.6 Å². The first-order valence-electron chi connectivity index (χ1n) is 28.2. The normalized spacial score (nSPS) is 12.4. The largest absolute Gasteiger partial charge is 0.493 e. The van der Waals surface area contributed by atoms with Crippen LogP contribution in [0.25, 0.3) is 64.6 Å². The van der Waals surface area contributed by atoms with Crippen molar-refractivity contribution >= 4 is 76.4 Å². The standard InChI is InChI=1S/C72H62N2O6/c1-3-35-77-69-51-15-7-16-52(69)38-56-20-10-22-58(72(56)80-44-64(76)74-42-60-30-28-50-26-24-46-12-6-14-48-32-34-62(60)68(50)66(46)48)40-54-18-8-17-53(70(54)78-36-4-2)39-57-21-9-19-55(37-51)71(57)79-43-63(75)73-41-59-29-27-49-25-23-45-11-5-13-47-31-33-61(59)67(49)65(45)47/h5-34H,3-4,35-44H2,1-2H3,(H,73,75)(H,74,76). The Morgan fingerprint density at radius 1 is 0.338 bits per heavy atom. The van der Waals surface area contributed by atoms with Crippen LogP contribution in [0.4, 0.5) is 0 Å². The number of ether oxygens (including phenoxy) is 4. The zero-order valence-corrected chi connectivity index (χ0v) is 45.3. The van der Waals surface area contributed by atoms with Gasteiger partial charge in [-0.15, -0.1) is 0 Å². The van der Waals surface area contributed by atoms with Crippen molar-refractivity contribution in [3.63, 3.8) is 0 Å². The molecule has 2 N–H and O–H groups in total. The molecule has 0 atom stereocenters. The van der Waals surface area contributed by atoms with Gasteiger partial charge in [0.05, 0.1) is 13.2 Å². The molecule has 0 aliphatic heterocycles. The van der Waals surface area contributed by atoms with E-state index >= 15 is 0 Å². The summed E-state index contributed by atoms with van der Waals surface area (Å²) in [6.45, 7) is 5.70. The Labute approximate surface area is 465 Å². The second-order valence-electron chi connectivity index (χ2n) is 21.3. The SMILES string of the molecule is CCCOc1c2cccc1Cc1cccc(c1OCC(=O)NCc1ccc3ccc4cccc5ccc1c3c45)Cc1cccc(c1OCCC)Cc1cccc(c1OCC(=O)NCc1ccc3ccc4cccc5ccc1c3c45)C2. The van der Waals surface area contributed by atoms with Gasteiger partial charge in [-0.1, -0.05) is 196 Å². The van der Waals surface area contributed by atoms with Crippen LogP contribution < -0.4 is 29.6 Å². The first-order chi connectivity index (χ1) is 39.4. The number of hydrogen-bond donors (Lipinski definition) is 2. The molecule has 0 spiro atoms. The lowest BCUT2D eigenvalue weighted by Gasteiger charge is -2.22. The molecule has 8 bridgehead atoms. The summed E-state index contributed by atoms with van der Waals surface area (Å²) >= 11 is 0. The number of rotatable bonds is 16. The molecule has 1 aliphatic rings. The zero-order chi connectivity index (χ0) is 54.1. The highest BCUT2D eigenvalue weighted by Gasteiger charge is 2.23. The van der Waals surface area contributed by atoms with E-state index in [1.165, 1.54) is 53.9 Å². The third-order valence-corrected chi connectivity index (χ3v) is 16.0. The van der Waals surface area contributed by atoms with Crippen LogP contribution in [-0.4, -0.2) is 38.2 Å². The van der Waals surface area contributed by atoms with E-state index < -0.39 is 0 Å². The number of nitrogens with one attached hydrogen (secondary N) is 2. The molecule has 0 saturated heterocycles. The van der Waals surface area contributed by atoms with Gasteiger partial charge in [-0.2, -0.15) is 0 Å². The average molecular weight is 1050 g/mol. The van der Waals surface area contributed by atoms with Crippen LogP contribution in [0.5, 0.6) is 23.0 Å². The summed E-state index contributed by atoms with van der Waals surface area (Å²) in [5.41, 5.74) is 9.89. The lowest BCUT2D eigenvalue weighted by atomic mass is 9.91. The highest BCUT2D eigenvalue weighted by Crippen LogP contribution is 2.41. The number of amides is 2. The first-order valence-corrected chi connectivity index (χ1v) is 28.2. The Kier molecular flexibility index (Phi) is 13.8. The molecule has 0 heterocycles. The van der Waals surface area contributed by atoms with Gasteiger partial charge in [-0.05, 0) is 133 Å². The minimum atomic E-state index is -0.207. The highest BCUT2D eigenvalue weighted by molar-refractivity contribution is 6.24. The van der Waals surface area contributed by atoms with Crippen molar-refractivity contribution in [2.45, 2.75) is 65.5 Å². The molecule has 2 amide bonds. The van der Waals surface area contributed by atoms with E-state index in [4.69, 9.17) is 18.9 Å². The van der Waals surface area contributed by atoms with Crippen LogP contribution in [0, 0.1) is 0 Å². The topological polar surface area (TPSA) is 95.1 Å². The molecule has 12 aromatic rings. The lowest BCUT2D eigenvalue weighted by Crippen LogP contribution is -2.29. The van der Waals surface area contributed by atoms with Gasteiger partial charge in [-0.3, -0.25) is 9.59 Å². The molecule has 396 valence electrons. The molecule has 1 aliphatic carbocycles. The minimum Gasteiger partial charge on any atom is -0.493 e. The number of para-hydroxylation sites is 4. The third kappa shape index (κ3) is 9.69. The van der Waals surface area contributed by atoms with Gasteiger partial charge in [-0.25, -0.2) is 0 Å². The molecule has 0 unspecified atom stereocenters. The van der Waals surface area contributed by atoms with Crippen molar-refractivity contribution in [2.24, 2.45) is 0 Å². The molecule has 0 fully saturated rings. The maximum Gasteiger partial charge on any atom is 0.258 e. The molecule has 0 radical (unpaired) electrons. The number of carbonyl (C=O) groups is 2. The predicted molar refractivity (Wildman–Crippen MR) is 324 cm³/mol. The summed E-state index contributed by atoms with van der Waals surface area (Å²) in [7, 11) is 0. The second-order valence-corrected chi connectivity index (χ2v) is 21.3. The molecule has 8 heteroatoms. The number of benzene rings is 12. The minimum absolute atomic E-state index is 0.163. The summed E-state index contributed by atoms with van der Waals surface area (Å²) in [6.07, 6.45) is 3.64. The van der Waals surface area contributed by atoms with Crippen LogP contribution in [-0.2, 0) is 48.4 Å². The predicted octanol–water partition coefficient (Wildman–Crippen LogP) is 15.1. The number of fused-ring (bicyclic) bond motifs is 8. The Morgan fingerprint density at radius 2 is 0.613 bits per heavy atom. The van der Waals surface area contributed by atoms with E-state index in [1.807, 2.05) is 0 Å². The maximum absolute atomic E-state index is 14.0. The summed E-state index contributed by atoms with van der Waals surface area (Å²) in [5.74, 6) is 2.56. The summed E-state index contributed by atoms with van der Waals surface area (Å²) in [4.78, 5) is 28.0. The van der Waals surface area contributed by atoms with Crippen LogP contribution in [0.15, 0.2) is 182 Å². The van der Waals surface area contributed by atoms with Crippen molar-refractivity contribution in [2.75, 3.05) is 26.4 Å². The fourth-order valence-electron chi connectivity index (χ4n) is 12.3. The second kappa shape index (κ2) is 21.9. The molecule has 13 rings (SSSR count). The smallest absolute Gasteiger partial charge is 0.258 e. The van der Waals surface area contributed by atoms with Gasteiger partial charge in [0, 0.05) is 38.8 Å². The van der Waals surface area contributed by atoms with Crippen molar-refractivity contribution < 1.29 is 28.5 Å². The molecule has 0 saturated carbocycles. The molecule has 8 nitrogen and oxygen atoms in total. The van der Waals surface area contributed by atoms with E-state index in [9.17, 15) is 9.59 Å². The quantitative estimate of drug-likeness (QED) is 0.0936. The van der Waals surface area contributed by atoms with Gasteiger partial charge >= 0.3 is 0 Å². The Balaban J connectivity index is 0.805. The van der Waals surface area contributed by atoms with Gasteiger partial charge in [0.2, 0.25) is 0 Å². The van der Waals surface area contributed by atoms with Crippen molar-refractivity contribution in [3.05, 3.63) is 238 Å². The fourth-order valence-corrected chi connectivity index (χ4v) is 12.3. The van der Waals surface area contributed by atoms with E-state index in [0.717, 1.165) is 90.7 Å². The maximum atomic E-state index is 14.0. The van der Waals surface area contributed by atoms with Gasteiger partial charge in [0.25, 0.3) is 11.8 Å². The Bertz CT molecular complexity index is 3900. The number of hydrogen-bond acceptors (Lipinski definition) is 6. The third-order valence-electron chi connectivity index (χ3n) is 16.0. The Morgan fingerprint density at radius 3 is 0.938 bits per heavy atom. The summed E-state index contributed by atoms with van der Waals surface area (Å²) < 4.78 is 27.0. The molecular weight excluding hydrogens is 989 g/mol. The average Bonchev–Trinajstić information content (AvgIpc) is 3.56. The van der Waals surface area contributed by atoms with E-state index in [0.29, 0.717) is 63.5 Å². The Hall–Kier alpha value is -9.14. The lowest BCUT2D eigenvalue weighted by molar-refractivity contribution is -0.124. The summed E-state index contributed by atoms with van der Waals surface area (Å²) in [6, 6.07) is 64.0. The van der Waals surface area contributed by atoms with Crippen LogP contribution in [0.3, 0.4) is 0 Å². The van der Waals surface area contributed by atoms with Crippen LogP contribution >= 0.6 is 0 Å². The van der Waals surface area contributed by atoms with Crippen molar-refractivity contribution in [1.82, 2.24) is 10.6 Å². The molecule has 80 heavy (non-hydrogen) atoms. The van der Waals surface area contributed by atoms with Crippen LogP contribution in [0.2, 0.25) is 0 Å². The fraction of sp³-hybridized carbons (Fsp3) is 0.194.